The van der Waals surface area contributed by atoms with Gasteiger partial charge in [-0.1, -0.05) is 42.5 Å². The number of hydrogen-bond donors (Lipinski definition) is 2. The monoisotopic (exact) mass is 374 g/mol. The Balaban J connectivity index is 1.52. The first-order valence-corrected chi connectivity index (χ1v) is 9.09. The Hall–Kier alpha value is -3.54. The van der Waals surface area contributed by atoms with Crippen molar-refractivity contribution in [1.82, 2.24) is 15.3 Å². The fraction of sp³-hybridized carbons (Fsp3) is 0.182. The van der Waals surface area contributed by atoms with Gasteiger partial charge in [0.15, 0.2) is 0 Å². The summed E-state index contributed by atoms with van der Waals surface area (Å²) in [4.78, 5) is 32.6. The number of nitrogens with zero attached hydrogens (tertiary/aromatic N) is 2. The van der Waals surface area contributed by atoms with Gasteiger partial charge < -0.3 is 11.1 Å². The normalized spacial score (nSPS) is 10.4. The molecule has 0 radical (unpaired) electrons. The summed E-state index contributed by atoms with van der Waals surface area (Å²) >= 11 is 0. The number of carbonyl (C=O) groups is 2. The number of amides is 1. The molecule has 0 saturated carbocycles. The van der Waals surface area contributed by atoms with E-state index in [1.807, 2.05) is 24.3 Å². The van der Waals surface area contributed by atoms with Crippen LogP contribution in [0.1, 0.15) is 22.5 Å². The molecule has 6 nitrogen and oxygen atoms in total. The summed E-state index contributed by atoms with van der Waals surface area (Å²) in [6, 6.07) is 19.1. The zero-order chi connectivity index (χ0) is 19.8. The van der Waals surface area contributed by atoms with Crippen LogP contribution in [0.25, 0.3) is 0 Å². The molecule has 0 bridgehead atoms. The third-order valence-electron chi connectivity index (χ3n) is 4.29. The van der Waals surface area contributed by atoms with Crippen molar-refractivity contribution < 1.29 is 9.59 Å². The van der Waals surface area contributed by atoms with Gasteiger partial charge in [0, 0.05) is 17.9 Å². The molecule has 0 aliphatic heterocycles. The smallest absolute Gasteiger partial charge is 0.288 e. The van der Waals surface area contributed by atoms with Crippen LogP contribution in [0.5, 0.6) is 0 Å². The second kappa shape index (κ2) is 9.41. The first kappa shape index (κ1) is 19.2. The largest absolute Gasteiger partial charge is 0.399 e. The molecule has 3 aromatic rings. The van der Waals surface area contributed by atoms with Crippen LogP contribution in [0.2, 0.25) is 0 Å². The number of nitrogens with two attached hydrogens (primary N) is 1. The van der Waals surface area contributed by atoms with Crippen molar-refractivity contribution in [3.8, 4) is 0 Å². The van der Waals surface area contributed by atoms with Crippen molar-refractivity contribution in [2.75, 3.05) is 5.73 Å². The van der Waals surface area contributed by atoms with Gasteiger partial charge in [-0.15, -0.1) is 0 Å². The van der Waals surface area contributed by atoms with E-state index < -0.39 is 11.7 Å². The number of ketones is 1. The Bertz CT molecular complexity index is 958. The Labute approximate surface area is 163 Å². The first-order valence-electron chi connectivity index (χ1n) is 9.09. The highest BCUT2D eigenvalue weighted by Gasteiger charge is 2.15. The third kappa shape index (κ3) is 5.74. The van der Waals surface area contributed by atoms with Gasteiger partial charge in [0.25, 0.3) is 5.91 Å². The number of aromatic nitrogens is 2. The average molecular weight is 374 g/mol. The van der Waals surface area contributed by atoms with Crippen LogP contribution in [-0.2, 0) is 35.4 Å². The van der Waals surface area contributed by atoms with Gasteiger partial charge in [-0.05, 0) is 42.2 Å². The number of benzene rings is 2. The molecule has 3 N–H and O–H groups in total. The van der Waals surface area contributed by atoms with E-state index in [9.17, 15) is 9.59 Å². The molecule has 0 aliphatic rings. The first-order chi connectivity index (χ1) is 13.6. The molecule has 3 rings (SSSR count). The van der Waals surface area contributed by atoms with E-state index in [-0.39, 0.29) is 13.0 Å². The van der Waals surface area contributed by atoms with E-state index in [4.69, 9.17) is 5.73 Å². The maximum atomic E-state index is 12.2. The van der Waals surface area contributed by atoms with Crippen LogP contribution in [0.4, 0.5) is 5.69 Å². The lowest BCUT2D eigenvalue weighted by Crippen LogP contribution is -2.31. The SMILES string of the molecule is Nc1cccc(CNC(=O)C(=O)Cc2cc(CCc3ccccc3)ncn2)c1. The van der Waals surface area contributed by atoms with Crippen molar-refractivity contribution in [3.63, 3.8) is 0 Å². The molecule has 6 heteroatoms. The highest BCUT2D eigenvalue weighted by Crippen LogP contribution is 2.08. The number of aryl methyl sites for hydroxylation is 2. The number of carbonyl (C=O) groups excluding carboxylic acids is 2. The minimum atomic E-state index is -0.633. The molecular weight excluding hydrogens is 352 g/mol. The van der Waals surface area contributed by atoms with Gasteiger partial charge in [0.1, 0.15) is 6.33 Å². The van der Waals surface area contributed by atoms with Crippen molar-refractivity contribution >= 4 is 17.4 Å². The summed E-state index contributed by atoms with van der Waals surface area (Å²) in [6.07, 6.45) is 2.98. The second-order valence-electron chi connectivity index (χ2n) is 6.51. The van der Waals surface area contributed by atoms with Gasteiger partial charge in [-0.2, -0.15) is 0 Å². The predicted octanol–water partition coefficient (Wildman–Crippen LogP) is 2.27. The van der Waals surface area contributed by atoms with Crippen molar-refractivity contribution in [1.29, 1.82) is 0 Å². The third-order valence-corrected chi connectivity index (χ3v) is 4.29. The second-order valence-corrected chi connectivity index (χ2v) is 6.51. The topological polar surface area (TPSA) is 98.0 Å². The molecule has 1 aromatic heterocycles. The van der Waals surface area contributed by atoms with Crippen molar-refractivity contribution in [2.24, 2.45) is 0 Å². The summed E-state index contributed by atoms with van der Waals surface area (Å²) in [6.45, 7) is 0.252. The minimum Gasteiger partial charge on any atom is -0.399 e. The molecule has 1 heterocycles. The van der Waals surface area contributed by atoms with E-state index in [0.717, 1.165) is 24.1 Å². The van der Waals surface area contributed by atoms with E-state index in [2.05, 4.69) is 27.4 Å². The summed E-state index contributed by atoms with van der Waals surface area (Å²) in [5.74, 6) is -1.16. The minimum absolute atomic E-state index is 0.0520. The van der Waals surface area contributed by atoms with Crippen LogP contribution in [0, 0.1) is 0 Å². The lowest BCUT2D eigenvalue weighted by molar-refractivity contribution is -0.137. The highest BCUT2D eigenvalue weighted by atomic mass is 16.2. The Morgan fingerprint density at radius 2 is 1.61 bits per heavy atom. The molecule has 142 valence electrons. The van der Waals surface area contributed by atoms with Gasteiger partial charge in [-0.25, -0.2) is 9.97 Å². The summed E-state index contributed by atoms with van der Waals surface area (Å²) in [5.41, 5.74) is 9.78. The summed E-state index contributed by atoms with van der Waals surface area (Å²) in [5, 5.41) is 2.62. The molecule has 28 heavy (non-hydrogen) atoms. The molecule has 0 atom stereocenters. The zero-order valence-electron chi connectivity index (χ0n) is 15.5. The van der Waals surface area contributed by atoms with Gasteiger partial charge >= 0.3 is 0 Å². The average Bonchev–Trinajstić information content (AvgIpc) is 2.71. The number of nitrogen functional groups attached to an aromatic ring is 1. The molecule has 2 aromatic carbocycles. The van der Waals surface area contributed by atoms with Crippen LogP contribution in [0.15, 0.2) is 67.0 Å². The molecular formula is C22H22N4O2. The fourth-order valence-corrected chi connectivity index (χ4v) is 2.82. The van der Waals surface area contributed by atoms with Crippen LogP contribution in [0.3, 0.4) is 0 Å². The number of anilines is 1. The van der Waals surface area contributed by atoms with Gasteiger partial charge in [-0.3, -0.25) is 9.59 Å². The molecule has 0 aliphatic carbocycles. The van der Waals surface area contributed by atoms with Crippen molar-refractivity contribution in [3.05, 3.63) is 89.5 Å². The molecule has 0 fully saturated rings. The lowest BCUT2D eigenvalue weighted by atomic mass is 10.1. The van der Waals surface area contributed by atoms with E-state index in [0.29, 0.717) is 11.4 Å². The lowest BCUT2D eigenvalue weighted by Gasteiger charge is -2.06. The quantitative estimate of drug-likeness (QED) is 0.466. The molecule has 0 unspecified atom stereocenters. The maximum Gasteiger partial charge on any atom is 0.288 e. The van der Waals surface area contributed by atoms with E-state index in [1.165, 1.54) is 11.9 Å². The van der Waals surface area contributed by atoms with Crippen LogP contribution >= 0.6 is 0 Å². The Kier molecular flexibility index (Phi) is 6.46. The van der Waals surface area contributed by atoms with Crippen LogP contribution < -0.4 is 11.1 Å². The maximum absolute atomic E-state index is 12.2. The van der Waals surface area contributed by atoms with Crippen molar-refractivity contribution in [2.45, 2.75) is 25.8 Å². The van der Waals surface area contributed by atoms with Gasteiger partial charge in [0.05, 0.1) is 12.1 Å². The molecule has 0 spiro atoms. The van der Waals surface area contributed by atoms with E-state index >= 15 is 0 Å². The Morgan fingerprint density at radius 3 is 2.39 bits per heavy atom. The van der Waals surface area contributed by atoms with Gasteiger partial charge in [0.2, 0.25) is 5.78 Å². The molecule has 1 amide bonds. The predicted molar refractivity (Wildman–Crippen MR) is 107 cm³/mol. The summed E-state index contributed by atoms with van der Waals surface area (Å²) in [7, 11) is 0. The number of rotatable bonds is 8. The molecule has 0 saturated heterocycles. The standard InChI is InChI=1S/C22H22N4O2/c23-18-8-4-7-17(11-18)14-24-22(28)21(27)13-20-12-19(25-15-26-20)10-9-16-5-2-1-3-6-16/h1-8,11-12,15H,9-10,13-14,23H2,(H,24,28). The number of Topliss-reactive ketones (excluding diaryl/α,β-unsaturated/α-hetero) is 1. The van der Waals surface area contributed by atoms with Crippen LogP contribution in [-0.4, -0.2) is 21.7 Å². The number of nitrogens with one attached hydrogen (secondary N) is 1. The summed E-state index contributed by atoms with van der Waals surface area (Å²) < 4.78 is 0. The zero-order valence-corrected chi connectivity index (χ0v) is 15.5. The highest BCUT2D eigenvalue weighted by molar-refractivity contribution is 6.36. The number of hydrogen-bond acceptors (Lipinski definition) is 5. The Morgan fingerprint density at radius 1 is 0.857 bits per heavy atom. The fourth-order valence-electron chi connectivity index (χ4n) is 2.82. The van der Waals surface area contributed by atoms with E-state index in [1.54, 1.807) is 24.3 Å².